The molecule has 0 spiro atoms. The van der Waals surface area contributed by atoms with Crippen molar-refractivity contribution >= 4 is 44.7 Å². The normalized spacial score (nSPS) is 10.3. The summed E-state index contributed by atoms with van der Waals surface area (Å²) in [5, 5.41) is 2.92. The third kappa shape index (κ3) is 4.64. The molecule has 7 heteroatoms. The number of carbonyl (C=O) groups excluding carboxylic acids is 1. The van der Waals surface area contributed by atoms with E-state index in [4.69, 9.17) is 18.0 Å². The van der Waals surface area contributed by atoms with Crippen LogP contribution in [0.25, 0.3) is 0 Å². The SMILES string of the molecule is CCN(CC)C(=O)CCNc1ccc(C(N)=S)c(Br)c1F. The van der Waals surface area contributed by atoms with Crippen LogP contribution in [-0.4, -0.2) is 35.4 Å². The van der Waals surface area contributed by atoms with Crippen LogP contribution in [0, 0.1) is 5.82 Å². The molecule has 1 amide bonds. The van der Waals surface area contributed by atoms with Gasteiger partial charge in [0.2, 0.25) is 5.91 Å². The van der Waals surface area contributed by atoms with E-state index in [1.165, 1.54) is 0 Å². The Morgan fingerprint density at radius 1 is 1.43 bits per heavy atom. The van der Waals surface area contributed by atoms with E-state index in [-0.39, 0.29) is 15.4 Å². The lowest BCUT2D eigenvalue weighted by molar-refractivity contribution is -0.130. The van der Waals surface area contributed by atoms with Gasteiger partial charge in [-0.1, -0.05) is 12.2 Å². The standard InChI is InChI=1S/C14H19BrFN3OS/c1-3-19(4-2)11(20)7-8-18-10-6-5-9(14(17)21)12(15)13(10)16/h5-6,18H,3-4,7-8H2,1-2H3,(H2,17,21). The summed E-state index contributed by atoms with van der Waals surface area (Å²) >= 11 is 7.98. The Hall–Kier alpha value is -1.21. The molecule has 0 fully saturated rings. The fourth-order valence-corrected chi connectivity index (χ4v) is 2.78. The number of halogens is 2. The number of nitrogens with one attached hydrogen (secondary N) is 1. The predicted molar refractivity (Wildman–Crippen MR) is 91.0 cm³/mol. The molecule has 1 aromatic carbocycles. The summed E-state index contributed by atoms with van der Waals surface area (Å²) in [6, 6.07) is 3.21. The molecule has 4 nitrogen and oxygen atoms in total. The lowest BCUT2D eigenvalue weighted by Crippen LogP contribution is -2.31. The summed E-state index contributed by atoms with van der Waals surface area (Å²) in [6.07, 6.45) is 0.315. The Balaban J connectivity index is 2.67. The van der Waals surface area contributed by atoms with Gasteiger partial charge in [0.05, 0.1) is 10.2 Å². The molecule has 1 aromatic rings. The van der Waals surface area contributed by atoms with Crippen molar-refractivity contribution in [3.8, 4) is 0 Å². The first-order valence-electron chi connectivity index (χ1n) is 6.71. The highest BCUT2D eigenvalue weighted by Crippen LogP contribution is 2.27. The third-order valence-electron chi connectivity index (χ3n) is 3.12. The van der Waals surface area contributed by atoms with Crippen molar-refractivity contribution < 1.29 is 9.18 Å². The highest BCUT2D eigenvalue weighted by Gasteiger charge is 2.13. The minimum Gasteiger partial charge on any atom is -0.389 e. The lowest BCUT2D eigenvalue weighted by atomic mass is 10.2. The number of nitrogens with two attached hydrogens (primary N) is 1. The van der Waals surface area contributed by atoms with Crippen LogP contribution >= 0.6 is 28.1 Å². The van der Waals surface area contributed by atoms with Crippen LogP contribution in [0.4, 0.5) is 10.1 Å². The molecule has 21 heavy (non-hydrogen) atoms. The number of amides is 1. The van der Waals surface area contributed by atoms with Gasteiger partial charge >= 0.3 is 0 Å². The largest absolute Gasteiger partial charge is 0.389 e. The molecule has 116 valence electrons. The Morgan fingerprint density at radius 3 is 2.57 bits per heavy atom. The fourth-order valence-electron chi connectivity index (χ4n) is 1.91. The van der Waals surface area contributed by atoms with Gasteiger partial charge in [-0.15, -0.1) is 0 Å². The summed E-state index contributed by atoms with van der Waals surface area (Å²) < 4.78 is 14.3. The molecule has 0 heterocycles. The second-order valence-corrected chi connectivity index (χ2v) is 5.63. The number of thiocarbonyl (C=S) groups is 1. The zero-order valence-electron chi connectivity index (χ0n) is 12.1. The van der Waals surface area contributed by atoms with Crippen LogP contribution in [0.15, 0.2) is 16.6 Å². The van der Waals surface area contributed by atoms with E-state index in [1.54, 1.807) is 17.0 Å². The van der Waals surface area contributed by atoms with Crippen molar-refractivity contribution in [2.45, 2.75) is 20.3 Å². The number of benzene rings is 1. The maximum Gasteiger partial charge on any atom is 0.224 e. The Labute approximate surface area is 138 Å². The summed E-state index contributed by atoms with van der Waals surface area (Å²) in [5.41, 5.74) is 6.27. The first kappa shape index (κ1) is 17.8. The molecule has 0 saturated heterocycles. The Bertz CT molecular complexity index is 535. The molecule has 3 N–H and O–H groups in total. The van der Waals surface area contributed by atoms with Crippen molar-refractivity contribution in [3.63, 3.8) is 0 Å². The van der Waals surface area contributed by atoms with Gasteiger partial charge in [-0.2, -0.15) is 0 Å². The minimum atomic E-state index is -0.462. The zero-order chi connectivity index (χ0) is 16.0. The predicted octanol–water partition coefficient (Wildman–Crippen LogP) is 2.89. The molecule has 0 saturated carbocycles. The van der Waals surface area contributed by atoms with Crippen LogP contribution in [-0.2, 0) is 4.79 Å². The average molecular weight is 376 g/mol. The molecule has 0 aliphatic carbocycles. The van der Waals surface area contributed by atoms with Gasteiger partial charge in [-0.3, -0.25) is 4.79 Å². The summed E-state index contributed by atoms with van der Waals surface area (Å²) in [4.78, 5) is 13.7. The highest BCUT2D eigenvalue weighted by molar-refractivity contribution is 9.10. The molecule has 0 aromatic heterocycles. The van der Waals surface area contributed by atoms with Crippen LogP contribution in [0.3, 0.4) is 0 Å². The average Bonchev–Trinajstić information content (AvgIpc) is 2.44. The van der Waals surface area contributed by atoms with Gasteiger partial charge < -0.3 is 16.0 Å². The van der Waals surface area contributed by atoms with Crippen molar-refractivity contribution in [1.29, 1.82) is 0 Å². The molecule has 0 aliphatic rings. The zero-order valence-corrected chi connectivity index (χ0v) is 14.5. The van der Waals surface area contributed by atoms with Gasteiger partial charge in [0.1, 0.15) is 4.99 Å². The number of rotatable bonds is 7. The topological polar surface area (TPSA) is 58.4 Å². The van der Waals surface area contributed by atoms with E-state index < -0.39 is 5.82 Å². The number of nitrogens with zero attached hydrogens (tertiary/aromatic N) is 1. The van der Waals surface area contributed by atoms with Gasteiger partial charge in [0.15, 0.2) is 5.82 Å². The Morgan fingerprint density at radius 2 is 2.05 bits per heavy atom. The van der Waals surface area contributed by atoms with Gasteiger partial charge in [-0.05, 0) is 41.9 Å². The van der Waals surface area contributed by atoms with Crippen molar-refractivity contribution in [2.24, 2.45) is 5.73 Å². The van der Waals surface area contributed by atoms with E-state index in [9.17, 15) is 9.18 Å². The first-order valence-corrected chi connectivity index (χ1v) is 7.91. The maximum atomic E-state index is 14.1. The molecule has 0 atom stereocenters. The molecular weight excluding hydrogens is 357 g/mol. The second-order valence-electron chi connectivity index (χ2n) is 4.40. The number of carbonyl (C=O) groups is 1. The smallest absolute Gasteiger partial charge is 0.224 e. The first-order chi connectivity index (χ1) is 9.92. The summed E-state index contributed by atoms with van der Waals surface area (Å²) in [6.45, 7) is 5.58. The van der Waals surface area contributed by atoms with E-state index in [2.05, 4.69) is 21.2 Å². The molecule has 0 bridgehead atoms. The van der Waals surface area contributed by atoms with E-state index in [0.29, 0.717) is 37.3 Å². The van der Waals surface area contributed by atoms with Gasteiger partial charge in [-0.25, -0.2) is 4.39 Å². The Kier molecular flexibility index (Phi) is 7.04. The maximum absolute atomic E-state index is 14.1. The van der Waals surface area contributed by atoms with E-state index in [1.807, 2.05) is 13.8 Å². The van der Waals surface area contributed by atoms with E-state index >= 15 is 0 Å². The third-order valence-corrected chi connectivity index (χ3v) is 4.11. The van der Waals surface area contributed by atoms with Crippen LogP contribution in [0.5, 0.6) is 0 Å². The second kappa shape index (κ2) is 8.29. The van der Waals surface area contributed by atoms with Crippen molar-refractivity contribution in [3.05, 3.63) is 28.0 Å². The monoisotopic (exact) mass is 375 g/mol. The lowest BCUT2D eigenvalue weighted by Gasteiger charge is -2.19. The van der Waals surface area contributed by atoms with Crippen LogP contribution < -0.4 is 11.1 Å². The van der Waals surface area contributed by atoms with Gasteiger partial charge in [0.25, 0.3) is 0 Å². The fraction of sp³-hybridized carbons (Fsp3) is 0.429. The van der Waals surface area contributed by atoms with Crippen molar-refractivity contribution in [2.75, 3.05) is 25.0 Å². The highest BCUT2D eigenvalue weighted by atomic mass is 79.9. The van der Waals surface area contributed by atoms with Crippen LogP contribution in [0.1, 0.15) is 25.8 Å². The number of hydrogen-bond donors (Lipinski definition) is 2. The number of anilines is 1. The number of hydrogen-bond acceptors (Lipinski definition) is 3. The molecule has 1 rings (SSSR count). The van der Waals surface area contributed by atoms with Crippen molar-refractivity contribution in [1.82, 2.24) is 4.90 Å². The quantitative estimate of drug-likeness (QED) is 0.719. The molecular formula is C14H19BrFN3OS. The molecule has 0 aliphatic heterocycles. The van der Waals surface area contributed by atoms with Crippen LogP contribution in [0.2, 0.25) is 0 Å². The summed E-state index contributed by atoms with van der Waals surface area (Å²) in [5.74, 6) is -0.415. The summed E-state index contributed by atoms with van der Waals surface area (Å²) in [7, 11) is 0. The molecule has 0 radical (unpaired) electrons. The van der Waals surface area contributed by atoms with Gasteiger partial charge in [0, 0.05) is 31.6 Å². The van der Waals surface area contributed by atoms with E-state index in [0.717, 1.165) is 0 Å². The molecule has 0 unspecified atom stereocenters. The minimum absolute atomic E-state index is 0.0479.